The highest BCUT2D eigenvalue weighted by atomic mass is 16.6. The van der Waals surface area contributed by atoms with E-state index in [1.807, 2.05) is 6.92 Å². The van der Waals surface area contributed by atoms with Crippen LogP contribution in [0.15, 0.2) is 42.7 Å². The van der Waals surface area contributed by atoms with E-state index in [2.05, 4.69) is 15.9 Å². The summed E-state index contributed by atoms with van der Waals surface area (Å²) in [6, 6.07) is 10.5. The van der Waals surface area contributed by atoms with Gasteiger partial charge in [-0.25, -0.2) is 14.8 Å². The molecule has 0 saturated carbocycles. The second kappa shape index (κ2) is 10.4. The number of rotatable bonds is 8. The van der Waals surface area contributed by atoms with E-state index >= 15 is 0 Å². The summed E-state index contributed by atoms with van der Waals surface area (Å²) in [5.74, 6) is 4.55. The number of hydrogen-bond donors (Lipinski definition) is 0. The van der Waals surface area contributed by atoms with E-state index in [4.69, 9.17) is 25.4 Å². The number of aromatic nitrogens is 2. The number of benzene rings is 2. The highest BCUT2D eigenvalue weighted by Crippen LogP contribution is 2.36. The Morgan fingerprint density at radius 2 is 1.81 bits per heavy atom. The maximum absolute atomic E-state index is 12.4. The third-order valence-electron chi connectivity index (χ3n) is 4.88. The van der Waals surface area contributed by atoms with Crippen molar-refractivity contribution in [3.8, 4) is 35.5 Å². The van der Waals surface area contributed by atoms with Crippen molar-refractivity contribution in [3.05, 3.63) is 42.7 Å². The lowest BCUT2D eigenvalue weighted by atomic mass is 10.2. The number of fused-ring (bicyclic) bond motifs is 1. The van der Waals surface area contributed by atoms with E-state index in [1.165, 1.54) is 11.2 Å². The van der Waals surface area contributed by atoms with Crippen LogP contribution in [0.5, 0.6) is 23.1 Å². The first-order valence-electron chi connectivity index (χ1n) is 10.0. The third kappa shape index (κ3) is 5.01. The number of hydrogen-bond acceptors (Lipinski definition) is 7. The Hall–Kier alpha value is -3.99. The number of anilines is 1. The maximum atomic E-state index is 12.4. The second-order valence-electron chi connectivity index (χ2n) is 6.88. The van der Waals surface area contributed by atoms with Crippen molar-refractivity contribution in [2.45, 2.75) is 25.9 Å². The molecule has 1 heterocycles. The summed E-state index contributed by atoms with van der Waals surface area (Å²) < 4.78 is 22.1. The number of methoxy groups -OCH3 is 2. The van der Waals surface area contributed by atoms with Crippen LogP contribution < -0.4 is 19.1 Å². The monoisotopic (exact) mass is 435 g/mol. The topological polar surface area (TPSA) is 83.0 Å². The van der Waals surface area contributed by atoms with Gasteiger partial charge in [-0.1, -0.05) is 6.92 Å². The minimum atomic E-state index is -0.469. The van der Waals surface area contributed by atoms with Gasteiger partial charge in [0.2, 0.25) is 5.88 Å². The first-order valence-corrected chi connectivity index (χ1v) is 10.0. The van der Waals surface area contributed by atoms with Crippen LogP contribution >= 0.6 is 0 Å². The molecule has 32 heavy (non-hydrogen) atoms. The molecule has 3 aromatic rings. The summed E-state index contributed by atoms with van der Waals surface area (Å²) in [5.41, 5.74) is 1.31. The fourth-order valence-corrected chi connectivity index (χ4v) is 3.02. The predicted molar refractivity (Wildman–Crippen MR) is 122 cm³/mol. The minimum absolute atomic E-state index is 0.306. The van der Waals surface area contributed by atoms with Crippen molar-refractivity contribution in [1.29, 1.82) is 0 Å². The van der Waals surface area contributed by atoms with Gasteiger partial charge in [0.1, 0.15) is 18.2 Å². The molecule has 0 spiro atoms. The molecule has 0 radical (unpaired) electrons. The molecule has 0 aliphatic carbocycles. The Balaban J connectivity index is 1.78. The van der Waals surface area contributed by atoms with Crippen molar-refractivity contribution in [2.75, 3.05) is 26.2 Å². The fourth-order valence-electron chi connectivity index (χ4n) is 3.02. The van der Waals surface area contributed by atoms with Crippen molar-refractivity contribution in [3.63, 3.8) is 0 Å². The number of carbonyl (C=O) groups is 1. The Kier molecular flexibility index (Phi) is 7.34. The van der Waals surface area contributed by atoms with Gasteiger partial charge in [-0.2, -0.15) is 0 Å². The second-order valence-corrected chi connectivity index (χ2v) is 6.88. The van der Waals surface area contributed by atoms with Crippen LogP contribution in [0.3, 0.4) is 0 Å². The molecular formula is C24H25N3O5. The lowest BCUT2D eigenvalue weighted by Gasteiger charge is -2.21. The maximum Gasteiger partial charge on any atom is 0.414 e. The standard InChI is InChI=1S/C24H25N3O5/c1-6-8-17(7-2)32-24(28)27(3)16-9-11-18(12-10-16)31-23-19-13-21(29-4)22(30-5)14-20(19)25-15-26-23/h1,9-15,17H,7-8H2,2-5H3. The molecule has 1 aromatic heterocycles. The van der Waals surface area contributed by atoms with Gasteiger partial charge in [-0.3, -0.25) is 4.90 Å². The molecule has 0 N–H and O–H groups in total. The van der Waals surface area contributed by atoms with Crippen molar-refractivity contribution >= 4 is 22.7 Å². The van der Waals surface area contributed by atoms with Gasteiger partial charge >= 0.3 is 6.09 Å². The van der Waals surface area contributed by atoms with E-state index in [0.717, 1.165) is 0 Å². The van der Waals surface area contributed by atoms with E-state index in [1.54, 1.807) is 57.7 Å². The smallest absolute Gasteiger partial charge is 0.414 e. The summed E-state index contributed by atoms with van der Waals surface area (Å²) in [7, 11) is 4.76. The van der Waals surface area contributed by atoms with Crippen LogP contribution in [0.1, 0.15) is 19.8 Å². The first-order chi connectivity index (χ1) is 15.5. The molecule has 0 aliphatic heterocycles. The fraction of sp³-hybridized carbons (Fsp3) is 0.292. The number of carbonyl (C=O) groups excluding carboxylic acids is 1. The van der Waals surface area contributed by atoms with Crippen LogP contribution in [-0.4, -0.2) is 43.4 Å². The average Bonchev–Trinajstić information content (AvgIpc) is 2.83. The molecule has 8 heteroatoms. The summed E-state index contributed by atoms with van der Waals surface area (Å²) in [5, 5.41) is 0.675. The van der Waals surface area contributed by atoms with Crippen LogP contribution in [0.2, 0.25) is 0 Å². The molecule has 2 aromatic carbocycles. The lowest BCUT2D eigenvalue weighted by molar-refractivity contribution is 0.105. The van der Waals surface area contributed by atoms with Gasteiger partial charge in [0.25, 0.3) is 0 Å². The summed E-state index contributed by atoms with van der Waals surface area (Å²) in [4.78, 5) is 22.3. The largest absolute Gasteiger partial charge is 0.493 e. The highest BCUT2D eigenvalue weighted by Gasteiger charge is 2.17. The molecule has 8 nitrogen and oxygen atoms in total. The molecule has 0 fully saturated rings. The zero-order chi connectivity index (χ0) is 23.1. The van der Waals surface area contributed by atoms with Crippen molar-refractivity contribution < 1.29 is 23.7 Å². The van der Waals surface area contributed by atoms with Crippen LogP contribution in [0.25, 0.3) is 10.9 Å². The van der Waals surface area contributed by atoms with Crippen molar-refractivity contribution in [1.82, 2.24) is 9.97 Å². The summed E-state index contributed by atoms with van der Waals surface area (Å²) in [6.07, 6.45) is 7.00. The number of terminal acetylenes is 1. The zero-order valence-corrected chi connectivity index (χ0v) is 18.5. The van der Waals surface area contributed by atoms with E-state index in [9.17, 15) is 4.79 Å². The van der Waals surface area contributed by atoms with Crippen LogP contribution in [0, 0.1) is 12.3 Å². The zero-order valence-electron chi connectivity index (χ0n) is 18.5. The molecule has 0 aliphatic rings. The molecule has 1 atom stereocenters. The summed E-state index contributed by atoms with van der Waals surface area (Å²) >= 11 is 0. The normalized spacial score (nSPS) is 11.3. The van der Waals surface area contributed by atoms with E-state index < -0.39 is 6.09 Å². The number of ether oxygens (including phenoxy) is 4. The van der Waals surface area contributed by atoms with Gasteiger partial charge < -0.3 is 18.9 Å². The predicted octanol–water partition coefficient (Wildman–Crippen LogP) is 4.81. The van der Waals surface area contributed by atoms with E-state index in [0.29, 0.717) is 52.6 Å². The van der Waals surface area contributed by atoms with Gasteiger partial charge in [0.15, 0.2) is 11.5 Å². The Bertz CT molecular complexity index is 1120. The van der Waals surface area contributed by atoms with Crippen molar-refractivity contribution in [2.24, 2.45) is 0 Å². The SMILES string of the molecule is C#CCC(CC)OC(=O)N(C)c1ccc(Oc2ncnc3cc(OC)c(OC)cc23)cc1. The molecule has 0 saturated heterocycles. The molecule has 1 unspecified atom stereocenters. The Labute approximate surface area is 187 Å². The van der Waals surface area contributed by atoms with Gasteiger partial charge in [0.05, 0.1) is 25.1 Å². The van der Waals surface area contributed by atoms with E-state index in [-0.39, 0.29) is 6.10 Å². The highest BCUT2D eigenvalue weighted by molar-refractivity contribution is 5.88. The third-order valence-corrected chi connectivity index (χ3v) is 4.88. The van der Waals surface area contributed by atoms with Crippen LogP contribution in [0.4, 0.5) is 10.5 Å². The van der Waals surface area contributed by atoms with Gasteiger partial charge in [-0.15, -0.1) is 12.3 Å². The lowest BCUT2D eigenvalue weighted by Crippen LogP contribution is -2.30. The van der Waals surface area contributed by atoms with Gasteiger partial charge in [-0.05, 0) is 36.8 Å². The molecule has 166 valence electrons. The van der Waals surface area contributed by atoms with Crippen LogP contribution in [-0.2, 0) is 4.74 Å². The quantitative estimate of drug-likeness (QED) is 0.469. The van der Waals surface area contributed by atoms with Gasteiger partial charge in [0, 0.05) is 25.2 Å². The molecule has 0 bridgehead atoms. The average molecular weight is 435 g/mol. The number of amides is 1. The minimum Gasteiger partial charge on any atom is -0.493 e. The Morgan fingerprint density at radius 3 is 2.44 bits per heavy atom. The summed E-state index contributed by atoms with van der Waals surface area (Å²) in [6.45, 7) is 1.92. The molecule has 1 amide bonds. The molecular weight excluding hydrogens is 410 g/mol. The number of nitrogens with zero attached hydrogens (tertiary/aromatic N) is 3. The molecule has 3 rings (SSSR count). The Morgan fingerprint density at radius 1 is 1.12 bits per heavy atom. The first kappa shape index (κ1) is 22.7.